The summed E-state index contributed by atoms with van der Waals surface area (Å²) in [6, 6.07) is 11.5. The number of anilines is 2. The predicted octanol–water partition coefficient (Wildman–Crippen LogP) is 3.74. The van der Waals surface area contributed by atoms with E-state index < -0.39 is 4.92 Å². The molecular formula is C17H17ClN4O3S. The monoisotopic (exact) mass is 392 g/mol. The number of carbonyl (C=O) groups excluding carboxylic acids is 1. The van der Waals surface area contributed by atoms with Crippen LogP contribution in [0.15, 0.2) is 42.5 Å². The number of non-ortho nitro benzene ring substituents is 1. The molecule has 0 saturated carbocycles. The van der Waals surface area contributed by atoms with Crippen molar-refractivity contribution in [3.05, 3.63) is 63.2 Å². The third kappa shape index (κ3) is 5.40. The molecule has 0 fully saturated rings. The smallest absolute Gasteiger partial charge is 0.271 e. The number of rotatable bonds is 6. The van der Waals surface area contributed by atoms with Gasteiger partial charge in [0.2, 0.25) is 5.91 Å². The maximum atomic E-state index is 12.1. The molecule has 2 aromatic rings. The third-order valence-electron chi connectivity index (χ3n) is 3.49. The molecule has 0 spiro atoms. The minimum Gasteiger partial charge on any atom is -0.353 e. The first-order chi connectivity index (χ1) is 12.4. The zero-order chi connectivity index (χ0) is 19.1. The molecule has 2 rings (SSSR count). The molecule has 0 aliphatic heterocycles. The topological polar surface area (TPSA) is 96.3 Å². The van der Waals surface area contributed by atoms with Gasteiger partial charge in [0, 0.05) is 17.8 Å². The van der Waals surface area contributed by atoms with E-state index in [0.29, 0.717) is 0 Å². The second-order valence-corrected chi connectivity index (χ2v) is 6.10. The number of hydrogen-bond donors (Lipinski definition) is 3. The Morgan fingerprint density at radius 3 is 2.62 bits per heavy atom. The Hall–Kier alpha value is -2.71. The van der Waals surface area contributed by atoms with E-state index in [1.807, 2.05) is 31.2 Å². The van der Waals surface area contributed by atoms with Gasteiger partial charge in [-0.15, -0.1) is 0 Å². The summed E-state index contributed by atoms with van der Waals surface area (Å²) in [5.41, 5.74) is 1.95. The number of halogens is 1. The summed E-state index contributed by atoms with van der Waals surface area (Å²) in [4.78, 5) is 22.4. The van der Waals surface area contributed by atoms with Crippen molar-refractivity contribution in [2.75, 3.05) is 17.2 Å². The number of amides is 1. The summed E-state index contributed by atoms with van der Waals surface area (Å²) in [5, 5.41) is 19.5. The van der Waals surface area contributed by atoms with Gasteiger partial charge in [-0.25, -0.2) is 0 Å². The van der Waals surface area contributed by atoms with Crippen LogP contribution >= 0.6 is 23.8 Å². The van der Waals surface area contributed by atoms with Gasteiger partial charge in [0.05, 0.1) is 22.2 Å². The highest BCUT2D eigenvalue weighted by Gasteiger charge is 2.11. The number of nitrogens with one attached hydrogen (secondary N) is 3. The highest BCUT2D eigenvalue weighted by atomic mass is 35.5. The van der Waals surface area contributed by atoms with Crippen LogP contribution in [0.4, 0.5) is 17.1 Å². The van der Waals surface area contributed by atoms with Crippen LogP contribution in [0.1, 0.15) is 12.5 Å². The van der Waals surface area contributed by atoms with Gasteiger partial charge < -0.3 is 16.0 Å². The molecule has 0 aromatic heterocycles. The Morgan fingerprint density at radius 1 is 1.19 bits per heavy atom. The largest absolute Gasteiger partial charge is 0.353 e. The quantitative estimate of drug-likeness (QED) is 0.393. The second kappa shape index (κ2) is 9.12. The number of carbonyl (C=O) groups is 1. The highest BCUT2D eigenvalue weighted by molar-refractivity contribution is 7.80. The molecule has 0 saturated heterocycles. The van der Waals surface area contributed by atoms with Crippen LogP contribution in [-0.2, 0) is 11.2 Å². The number of hydrogen-bond acceptors (Lipinski definition) is 4. The van der Waals surface area contributed by atoms with E-state index in [1.165, 1.54) is 18.2 Å². The molecule has 1 amide bonds. The van der Waals surface area contributed by atoms with Crippen LogP contribution in [0.25, 0.3) is 0 Å². The first kappa shape index (κ1) is 19.6. The van der Waals surface area contributed by atoms with Crippen molar-refractivity contribution in [3.8, 4) is 0 Å². The maximum Gasteiger partial charge on any atom is 0.271 e. The van der Waals surface area contributed by atoms with Crippen molar-refractivity contribution in [3.63, 3.8) is 0 Å². The summed E-state index contributed by atoms with van der Waals surface area (Å²) in [5.74, 6) is -0.264. The normalized spacial score (nSPS) is 10.1. The van der Waals surface area contributed by atoms with Gasteiger partial charge in [0.25, 0.3) is 5.69 Å². The van der Waals surface area contributed by atoms with Gasteiger partial charge in [-0.05, 0) is 36.3 Å². The molecule has 3 N–H and O–H groups in total. The minimum atomic E-state index is -0.531. The Morgan fingerprint density at radius 2 is 1.92 bits per heavy atom. The second-order valence-electron chi connectivity index (χ2n) is 5.29. The summed E-state index contributed by atoms with van der Waals surface area (Å²) < 4.78 is 0. The zero-order valence-electron chi connectivity index (χ0n) is 13.9. The van der Waals surface area contributed by atoms with Crippen molar-refractivity contribution in [1.29, 1.82) is 0 Å². The lowest BCUT2D eigenvalue weighted by Crippen LogP contribution is -2.35. The standard InChI is InChI=1S/C17H17ClN4O3S/c1-2-11-5-3-4-6-14(11)20-16(23)10-19-17(26)21-15-9-12(22(24)25)7-8-13(15)18/h3-9H,2,10H2,1H3,(H,20,23)(H2,19,21,26). The Balaban J connectivity index is 1.91. The first-order valence-electron chi connectivity index (χ1n) is 7.77. The summed E-state index contributed by atoms with van der Waals surface area (Å²) in [7, 11) is 0. The Labute approximate surface area is 160 Å². The average Bonchev–Trinajstić information content (AvgIpc) is 2.62. The number of nitro benzene ring substituents is 1. The Bertz CT molecular complexity index is 845. The molecule has 0 bridgehead atoms. The summed E-state index contributed by atoms with van der Waals surface area (Å²) in [6.07, 6.45) is 0.801. The first-order valence-corrected chi connectivity index (χ1v) is 8.56. The predicted molar refractivity (Wildman–Crippen MR) is 107 cm³/mol. The van der Waals surface area contributed by atoms with Crippen molar-refractivity contribution >= 4 is 51.9 Å². The SMILES string of the molecule is CCc1ccccc1NC(=O)CNC(=S)Nc1cc([N+](=O)[O-])ccc1Cl. The van der Waals surface area contributed by atoms with Crippen LogP contribution in [0.2, 0.25) is 5.02 Å². The number of benzene rings is 2. The fraction of sp³-hybridized carbons (Fsp3) is 0.176. The van der Waals surface area contributed by atoms with Gasteiger partial charge in [-0.1, -0.05) is 36.7 Å². The molecule has 136 valence electrons. The van der Waals surface area contributed by atoms with E-state index in [2.05, 4.69) is 16.0 Å². The van der Waals surface area contributed by atoms with Crippen LogP contribution in [-0.4, -0.2) is 22.5 Å². The molecule has 7 nitrogen and oxygen atoms in total. The highest BCUT2D eigenvalue weighted by Crippen LogP contribution is 2.26. The molecule has 9 heteroatoms. The molecule has 0 radical (unpaired) electrons. The Kier molecular flexibility index (Phi) is 6.88. The van der Waals surface area contributed by atoms with Gasteiger partial charge in [-0.2, -0.15) is 0 Å². The fourth-order valence-electron chi connectivity index (χ4n) is 2.19. The molecule has 0 aliphatic carbocycles. The van der Waals surface area contributed by atoms with Crippen molar-refractivity contribution in [2.45, 2.75) is 13.3 Å². The van der Waals surface area contributed by atoms with E-state index in [0.717, 1.165) is 17.7 Å². The average molecular weight is 393 g/mol. The lowest BCUT2D eigenvalue weighted by Gasteiger charge is -2.13. The van der Waals surface area contributed by atoms with E-state index in [-0.39, 0.29) is 34.0 Å². The third-order valence-corrected chi connectivity index (χ3v) is 4.07. The van der Waals surface area contributed by atoms with Gasteiger partial charge in [0.15, 0.2) is 5.11 Å². The zero-order valence-corrected chi connectivity index (χ0v) is 15.5. The van der Waals surface area contributed by atoms with Crippen LogP contribution in [0, 0.1) is 10.1 Å². The number of thiocarbonyl (C=S) groups is 1. The molecule has 0 atom stereocenters. The summed E-state index contributed by atoms with van der Waals surface area (Å²) >= 11 is 11.1. The maximum absolute atomic E-state index is 12.1. The van der Waals surface area contributed by atoms with Gasteiger partial charge in [0.1, 0.15) is 0 Å². The van der Waals surface area contributed by atoms with Crippen molar-refractivity contribution in [1.82, 2.24) is 5.32 Å². The minimum absolute atomic E-state index is 0.0591. The summed E-state index contributed by atoms with van der Waals surface area (Å²) in [6.45, 7) is 1.95. The van der Waals surface area contributed by atoms with E-state index in [4.69, 9.17) is 23.8 Å². The number of nitro groups is 1. The lowest BCUT2D eigenvalue weighted by atomic mass is 10.1. The van der Waals surface area contributed by atoms with E-state index in [9.17, 15) is 14.9 Å². The number of para-hydroxylation sites is 1. The van der Waals surface area contributed by atoms with Crippen molar-refractivity contribution < 1.29 is 9.72 Å². The van der Waals surface area contributed by atoms with Crippen LogP contribution < -0.4 is 16.0 Å². The number of nitrogens with zero attached hydrogens (tertiary/aromatic N) is 1. The van der Waals surface area contributed by atoms with Gasteiger partial charge >= 0.3 is 0 Å². The fourth-order valence-corrected chi connectivity index (χ4v) is 2.54. The lowest BCUT2D eigenvalue weighted by molar-refractivity contribution is -0.384. The molecule has 0 heterocycles. The molecule has 0 aliphatic rings. The van der Waals surface area contributed by atoms with Gasteiger partial charge in [-0.3, -0.25) is 14.9 Å². The molecule has 2 aromatic carbocycles. The number of aryl methyl sites for hydroxylation is 1. The molecule has 26 heavy (non-hydrogen) atoms. The van der Waals surface area contributed by atoms with E-state index in [1.54, 1.807) is 0 Å². The van der Waals surface area contributed by atoms with E-state index >= 15 is 0 Å². The molecular weight excluding hydrogens is 376 g/mol. The van der Waals surface area contributed by atoms with Crippen molar-refractivity contribution in [2.24, 2.45) is 0 Å². The molecule has 0 unspecified atom stereocenters. The van der Waals surface area contributed by atoms with Crippen LogP contribution in [0.3, 0.4) is 0 Å². The van der Waals surface area contributed by atoms with Crippen LogP contribution in [0.5, 0.6) is 0 Å².